The minimum Gasteiger partial charge on any atom is -0.348 e. The Labute approximate surface area is 113 Å². The van der Waals surface area contributed by atoms with E-state index in [0.29, 0.717) is 0 Å². The van der Waals surface area contributed by atoms with E-state index in [2.05, 4.69) is 20.7 Å². The minimum absolute atomic E-state index is 0.202. The molecule has 17 heavy (non-hydrogen) atoms. The lowest BCUT2D eigenvalue weighted by Gasteiger charge is -2.10. The third-order valence-corrected chi connectivity index (χ3v) is 6.02. The molecule has 1 aromatic heterocycles. The lowest BCUT2D eigenvalue weighted by molar-refractivity contribution is -0.127. The predicted molar refractivity (Wildman–Crippen MR) is 70.6 cm³/mol. The van der Waals surface area contributed by atoms with Crippen molar-refractivity contribution >= 4 is 43.2 Å². The van der Waals surface area contributed by atoms with Crippen LogP contribution in [0.4, 0.5) is 0 Å². The van der Waals surface area contributed by atoms with Crippen molar-refractivity contribution in [3.63, 3.8) is 0 Å². The fourth-order valence-electron chi connectivity index (χ4n) is 0.950. The highest BCUT2D eigenvalue weighted by atomic mass is 79.9. The molecule has 0 aliphatic heterocycles. The number of nitrogens with one attached hydrogen (secondary N) is 1. The number of halogens is 1. The van der Waals surface area contributed by atoms with E-state index < -0.39 is 10.0 Å². The Kier molecular flexibility index (Phi) is 4.70. The smallest absolute Gasteiger partial charge is 0.250 e. The maximum atomic E-state index is 11.8. The summed E-state index contributed by atoms with van der Waals surface area (Å²) < 4.78 is 26.9. The SMILES string of the molecule is Cc1cc(S(=O)(=O)NCC(=O)N(C)C)sc1Br. The zero-order valence-electron chi connectivity index (χ0n) is 9.65. The van der Waals surface area contributed by atoms with Gasteiger partial charge in [-0.25, -0.2) is 13.1 Å². The second-order valence-corrected chi connectivity index (χ2v) is 8.00. The molecule has 1 rings (SSSR count). The minimum atomic E-state index is -3.60. The first kappa shape index (κ1) is 14.6. The average molecular weight is 341 g/mol. The van der Waals surface area contributed by atoms with Gasteiger partial charge in [0.25, 0.3) is 10.0 Å². The summed E-state index contributed by atoms with van der Waals surface area (Å²) in [5, 5.41) is 0. The van der Waals surface area contributed by atoms with Gasteiger partial charge in [-0.15, -0.1) is 11.3 Å². The molecule has 0 bridgehead atoms. The molecule has 0 unspecified atom stereocenters. The average Bonchev–Trinajstić information content (AvgIpc) is 2.56. The summed E-state index contributed by atoms with van der Waals surface area (Å²) in [5.74, 6) is -0.291. The summed E-state index contributed by atoms with van der Waals surface area (Å²) in [4.78, 5) is 12.6. The molecule has 0 aliphatic carbocycles. The van der Waals surface area contributed by atoms with E-state index in [0.717, 1.165) is 20.7 Å². The van der Waals surface area contributed by atoms with Crippen LogP contribution in [-0.2, 0) is 14.8 Å². The van der Waals surface area contributed by atoms with E-state index in [1.807, 2.05) is 6.92 Å². The van der Waals surface area contributed by atoms with Gasteiger partial charge in [0.15, 0.2) is 0 Å². The molecule has 0 saturated carbocycles. The van der Waals surface area contributed by atoms with Gasteiger partial charge in [-0.05, 0) is 34.5 Å². The summed E-state index contributed by atoms with van der Waals surface area (Å²) in [6.45, 7) is 1.58. The third kappa shape index (κ3) is 3.77. The molecule has 0 atom stereocenters. The van der Waals surface area contributed by atoms with Crippen molar-refractivity contribution < 1.29 is 13.2 Å². The number of nitrogens with zero attached hydrogens (tertiary/aromatic N) is 1. The van der Waals surface area contributed by atoms with Crippen molar-refractivity contribution in [2.45, 2.75) is 11.1 Å². The molecular formula is C9H13BrN2O3S2. The number of rotatable bonds is 4. The standard InChI is InChI=1S/C9H13BrN2O3S2/c1-6-4-8(16-9(6)10)17(14,15)11-5-7(13)12(2)3/h4,11H,5H2,1-3H3. The van der Waals surface area contributed by atoms with Gasteiger partial charge in [0.1, 0.15) is 4.21 Å². The van der Waals surface area contributed by atoms with Crippen LogP contribution < -0.4 is 4.72 Å². The molecule has 8 heteroatoms. The number of hydrogen-bond donors (Lipinski definition) is 1. The molecule has 0 radical (unpaired) electrons. The summed E-state index contributed by atoms with van der Waals surface area (Å²) in [5.41, 5.74) is 0.856. The van der Waals surface area contributed by atoms with E-state index in [1.165, 1.54) is 4.90 Å². The first-order valence-electron chi connectivity index (χ1n) is 4.70. The molecule has 0 aromatic carbocycles. The van der Waals surface area contributed by atoms with Crippen molar-refractivity contribution in [3.8, 4) is 0 Å². The van der Waals surface area contributed by atoms with Crippen molar-refractivity contribution in [2.24, 2.45) is 0 Å². The van der Waals surface area contributed by atoms with Crippen LogP contribution in [0.25, 0.3) is 0 Å². The Bertz CT molecular complexity index is 503. The molecule has 0 saturated heterocycles. The van der Waals surface area contributed by atoms with Gasteiger partial charge < -0.3 is 4.90 Å². The highest BCUT2D eigenvalue weighted by Gasteiger charge is 2.19. The van der Waals surface area contributed by atoms with E-state index in [4.69, 9.17) is 0 Å². The molecule has 0 fully saturated rings. The fourth-order valence-corrected chi connectivity index (χ4v) is 4.19. The van der Waals surface area contributed by atoms with Gasteiger partial charge in [-0.3, -0.25) is 4.79 Å². The second-order valence-electron chi connectivity index (χ2n) is 3.63. The van der Waals surface area contributed by atoms with Crippen LogP contribution in [-0.4, -0.2) is 39.9 Å². The number of amides is 1. The topological polar surface area (TPSA) is 66.5 Å². The molecule has 5 nitrogen and oxygen atoms in total. The summed E-state index contributed by atoms with van der Waals surface area (Å²) >= 11 is 4.39. The van der Waals surface area contributed by atoms with Gasteiger partial charge in [-0.1, -0.05) is 0 Å². The Morgan fingerprint density at radius 2 is 2.12 bits per heavy atom. The number of thiophene rings is 1. The van der Waals surface area contributed by atoms with Crippen LogP contribution in [0.1, 0.15) is 5.56 Å². The van der Waals surface area contributed by atoms with Crippen LogP contribution in [0.15, 0.2) is 14.1 Å². The highest BCUT2D eigenvalue weighted by Crippen LogP contribution is 2.30. The Hall–Kier alpha value is -0.440. The first-order chi connectivity index (χ1) is 7.74. The van der Waals surface area contributed by atoms with Gasteiger partial charge in [0, 0.05) is 14.1 Å². The fraction of sp³-hybridized carbons (Fsp3) is 0.444. The van der Waals surface area contributed by atoms with Crippen molar-refractivity contribution in [1.82, 2.24) is 9.62 Å². The molecule has 1 heterocycles. The zero-order chi connectivity index (χ0) is 13.2. The maximum absolute atomic E-state index is 11.8. The van der Waals surface area contributed by atoms with Crippen LogP contribution >= 0.6 is 27.3 Å². The van der Waals surface area contributed by atoms with Gasteiger partial charge in [0.2, 0.25) is 5.91 Å². The van der Waals surface area contributed by atoms with Crippen LogP contribution in [0.3, 0.4) is 0 Å². The predicted octanol–water partition coefficient (Wildman–Crippen LogP) is 1.19. The highest BCUT2D eigenvalue weighted by molar-refractivity contribution is 9.11. The van der Waals surface area contributed by atoms with Crippen molar-refractivity contribution in [2.75, 3.05) is 20.6 Å². The second kappa shape index (κ2) is 5.47. The Balaban J connectivity index is 2.79. The Morgan fingerprint density at radius 3 is 2.53 bits per heavy atom. The van der Waals surface area contributed by atoms with Gasteiger partial charge in [0.05, 0.1) is 10.3 Å². The largest absolute Gasteiger partial charge is 0.348 e. The summed E-state index contributed by atoms with van der Waals surface area (Å²) in [7, 11) is -0.456. The van der Waals surface area contributed by atoms with Gasteiger partial charge in [-0.2, -0.15) is 0 Å². The van der Waals surface area contributed by atoms with Crippen LogP contribution in [0, 0.1) is 6.92 Å². The molecule has 1 amide bonds. The Morgan fingerprint density at radius 1 is 1.53 bits per heavy atom. The van der Waals surface area contributed by atoms with E-state index in [9.17, 15) is 13.2 Å². The summed E-state index contributed by atoms with van der Waals surface area (Å²) in [6.07, 6.45) is 0. The van der Waals surface area contributed by atoms with Crippen LogP contribution in [0.2, 0.25) is 0 Å². The quantitative estimate of drug-likeness (QED) is 0.895. The lowest BCUT2D eigenvalue weighted by atomic mass is 10.4. The number of carbonyl (C=O) groups is 1. The lowest BCUT2D eigenvalue weighted by Crippen LogP contribution is -2.35. The number of aryl methyl sites for hydroxylation is 1. The zero-order valence-corrected chi connectivity index (χ0v) is 12.9. The van der Waals surface area contributed by atoms with Crippen molar-refractivity contribution in [3.05, 3.63) is 15.4 Å². The first-order valence-corrected chi connectivity index (χ1v) is 7.79. The maximum Gasteiger partial charge on any atom is 0.250 e. The summed E-state index contributed by atoms with van der Waals surface area (Å²) in [6, 6.07) is 1.57. The normalized spacial score (nSPS) is 11.5. The molecule has 0 spiro atoms. The van der Waals surface area contributed by atoms with E-state index >= 15 is 0 Å². The van der Waals surface area contributed by atoms with Crippen LogP contribution in [0.5, 0.6) is 0 Å². The van der Waals surface area contributed by atoms with E-state index in [1.54, 1.807) is 20.2 Å². The molecular weight excluding hydrogens is 328 g/mol. The number of likely N-dealkylation sites (N-methyl/N-ethyl adjacent to an activating group) is 1. The third-order valence-electron chi connectivity index (χ3n) is 2.01. The molecule has 0 aliphatic rings. The van der Waals surface area contributed by atoms with Crippen molar-refractivity contribution in [1.29, 1.82) is 0 Å². The number of carbonyl (C=O) groups excluding carboxylic acids is 1. The number of sulfonamides is 1. The molecule has 1 aromatic rings. The number of hydrogen-bond acceptors (Lipinski definition) is 4. The monoisotopic (exact) mass is 340 g/mol. The molecule has 96 valence electrons. The van der Waals surface area contributed by atoms with Gasteiger partial charge >= 0.3 is 0 Å². The molecule has 1 N–H and O–H groups in total. The van der Waals surface area contributed by atoms with E-state index in [-0.39, 0.29) is 16.7 Å².